The molecule has 14 heteroatoms. The molecule has 4 aromatic rings. The highest BCUT2D eigenvalue weighted by atomic mass is 35.5. The van der Waals surface area contributed by atoms with E-state index >= 15 is 0 Å². The smallest absolute Gasteiger partial charge is 0.258 e. The van der Waals surface area contributed by atoms with Crippen molar-refractivity contribution >= 4 is 69.3 Å². The molecule has 12 nitrogen and oxygen atoms in total. The summed E-state index contributed by atoms with van der Waals surface area (Å²) < 4.78 is 10.8. The number of ether oxygens (including phenoxy) is 2. The number of anilines is 2. The number of nitrogens with one attached hydrogen (secondary N) is 2. The maximum atomic E-state index is 12.8. The molecule has 2 atom stereocenters. The van der Waals surface area contributed by atoms with Crippen molar-refractivity contribution in [2.75, 3.05) is 23.8 Å². The van der Waals surface area contributed by atoms with Crippen molar-refractivity contribution < 1.29 is 28.7 Å². The Kier molecular flexibility index (Phi) is 13.3. The molecule has 0 aromatic heterocycles. The summed E-state index contributed by atoms with van der Waals surface area (Å²) in [5.41, 5.74) is 2.77. The molecule has 0 saturated carbocycles. The lowest BCUT2D eigenvalue weighted by molar-refractivity contribution is -0.127. The summed E-state index contributed by atoms with van der Waals surface area (Å²) in [6.07, 6.45) is 0. The summed E-state index contributed by atoms with van der Waals surface area (Å²) in [6, 6.07) is 20.5. The molecule has 0 saturated heterocycles. The molecule has 0 aliphatic heterocycles. The van der Waals surface area contributed by atoms with Gasteiger partial charge in [0.25, 0.3) is 11.8 Å². The van der Waals surface area contributed by atoms with Gasteiger partial charge < -0.3 is 20.1 Å². The Balaban J connectivity index is 1.43. The zero-order valence-electron chi connectivity index (χ0n) is 27.6. The second-order valence-electron chi connectivity index (χ2n) is 10.7. The molecule has 0 aliphatic rings. The van der Waals surface area contributed by atoms with Gasteiger partial charge in [-0.15, -0.1) is 0 Å². The molecule has 2 amide bonds. The largest absolute Gasteiger partial charge is 0.494 e. The second-order valence-corrected chi connectivity index (χ2v) is 11.5. The molecule has 0 aliphatic carbocycles. The van der Waals surface area contributed by atoms with Gasteiger partial charge in [0.1, 0.15) is 22.9 Å². The number of Topliss-reactive ketones (excluding diaryl/α,β-unsaturated/α-hetero) is 2. The van der Waals surface area contributed by atoms with Gasteiger partial charge >= 0.3 is 0 Å². The minimum atomic E-state index is -1.39. The predicted molar refractivity (Wildman–Crippen MR) is 192 cm³/mol. The summed E-state index contributed by atoms with van der Waals surface area (Å²) >= 11 is 13.0. The first kappa shape index (κ1) is 37.4. The summed E-state index contributed by atoms with van der Waals surface area (Å²) in [4.78, 5) is 50.1. The van der Waals surface area contributed by atoms with Crippen LogP contribution in [0.2, 0.25) is 10.0 Å². The average molecular weight is 718 g/mol. The van der Waals surface area contributed by atoms with Crippen molar-refractivity contribution in [3.8, 4) is 22.6 Å². The maximum absolute atomic E-state index is 12.8. The van der Waals surface area contributed by atoms with Gasteiger partial charge in [-0.25, -0.2) is 0 Å². The number of carbonyl (C=O) groups excluding carboxylic acids is 4. The van der Waals surface area contributed by atoms with E-state index in [2.05, 4.69) is 31.1 Å². The van der Waals surface area contributed by atoms with E-state index in [1.54, 1.807) is 84.9 Å². The highest BCUT2D eigenvalue weighted by molar-refractivity contribution is 6.34. The molecule has 0 fully saturated rings. The van der Waals surface area contributed by atoms with Gasteiger partial charge in [-0.3, -0.25) is 19.2 Å². The lowest BCUT2D eigenvalue weighted by Gasteiger charge is -2.11. The van der Waals surface area contributed by atoms with Gasteiger partial charge in [0.2, 0.25) is 12.1 Å². The Labute approximate surface area is 298 Å². The molecule has 0 bridgehead atoms. The molecule has 50 heavy (non-hydrogen) atoms. The molecule has 4 aromatic carbocycles. The maximum Gasteiger partial charge on any atom is 0.258 e. The first-order valence-corrected chi connectivity index (χ1v) is 16.2. The number of rotatable bonds is 15. The van der Waals surface area contributed by atoms with Crippen LogP contribution in [-0.2, 0) is 19.2 Å². The van der Waals surface area contributed by atoms with Crippen LogP contribution in [0.1, 0.15) is 27.7 Å². The average Bonchev–Trinajstić information content (AvgIpc) is 3.08. The third-order valence-corrected chi connectivity index (χ3v) is 7.53. The fourth-order valence-electron chi connectivity index (χ4n) is 4.44. The molecule has 0 unspecified atom stereocenters. The van der Waals surface area contributed by atoms with Crippen molar-refractivity contribution in [2.45, 2.75) is 39.8 Å². The Bertz CT molecular complexity index is 1780. The minimum Gasteiger partial charge on any atom is -0.494 e. The zero-order valence-corrected chi connectivity index (χ0v) is 29.2. The minimum absolute atomic E-state index is 0.211. The highest BCUT2D eigenvalue weighted by Crippen LogP contribution is 2.35. The quantitative estimate of drug-likeness (QED) is 0.0923. The number of amides is 2. The van der Waals surface area contributed by atoms with Crippen molar-refractivity contribution in [3.05, 3.63) is 95.0 Å². The highest BCUT2D eigenvalue weighted by Gasteiger charge is 2.24. The van der Waals surface area contributed by atoms with Crippen molar-refractivity contribution in [3.63, 3.8) is 0 Å². The summed E-state index contributed by atoms with van der Waals surface area (Å²) in [5, 5.41) is 21.8. The standard InChI is InChI=1S/C36H34Cl2N6O6/c1-5-49-27-13-9-25(10-14-27)39-35(47)33(21(3)45)43-41-31-17-7-23(19-29(31)37)24-8-18-32(30(38)20-24)42-44-34(22(4)46)36(48)40-26-11-15-28(16-12-26)50-6-2/h7-20,33-34H,5-6H2,1-4H3,(H,39,47)(H,40,48)/t33-,34+. The van der Waals surface area contributed by atoms with E-state index in [9.17, 15) is 19.2 Å². The Morgan fingerprint density at radius 2 is 0.960 bits per heavy atom. The zero-order chi connectivity index (χ0) is 36.2. The van der Waals surface area contributed by atoms with E-state index in [0.717, 1.165) is 0 Å². The van der Waals surface area contributed by atoms with E-state index < -0.39 is 35.5 Å². The third kappa shape index (κ3) is 10.3. The Morgan fingerprint density at radius 1 is 0.600 bits per heavy atom. The van der Waals surface area contributed by atoms with E-state index in [1.165, 1.54) is 13.8 Å². The van der Waals surface area contributed by atoms with Gasteiger partial charge in [0.05, 0.1) is 23.3 Å². The fourth-order valence-corrected chi connectivity index (χ4v) is 4.87. The molecule has 258 valence electrons. The second kappa shape index (κ2) is 17.8. The number of azo groups is 2. The van der Waals surface area contributed by atoms with E-state index in [1.807, 2.05) is 13.8 Å². The van der Waals surface area contributed by atoms with Gasteiger partial charge in [0.15, 0.2) is 11.6 Å². The monoisotopic (exact) mass is 716 g/mol. The molecule has 4 rings (SSSR count). The summed E-state index contributed by atoms with van der Waals surface area (Å²) in [7, 11) is 0. The number of ketones is 2. The van der Waals surface area contributed by atoms with E-state index in [0.29, 0.717) is 47.2 Å². The fraction of sp³-hybridized carbons (Fsp3) is 0.222. The Hall–Kier alpha value is -5.46. The van der Waals surface area contributed by atoms with Gasteiger partial charge in [0, 0.05) is 11.4 Å². The van der Waals surface area contributed by atoms with E-state index in [-0.39, 0.29) is 21.4 Å². The van der Waals surface area contributed by atoms with E-state index in [4.69, 9.17) is 32.7 Å². The normalized spacial score (nSPS) is 12.4. The molecule has 2 N–H and O–H groups in total. The van der Waals surface area contributed by atoms with Crippen LogP contribution < -0.4 is 20.1 Å². The SMILES string of the molecule is CCOc1ccc(NC(=O)[C@H](N=Nc2ccc(-c3ccc(N=N[C@@H](C(C)=O)C(=O)Nc4ccc(OCC)cc4)c(Cl)c3)cc2Cl)C(C)=O)cc1. The molecular formula is C36H34Cl2N6O6. The van der Waals surface area contributed by atoms with Crippen LogP contribution in [0.25, 0.3) is 11.1 Å². The predicted octanol–water partition coefficient (Wildman–Crippen LogP) is 8.82. The molecule has 0 spiro atoms. The van der Waals surface area contributed by atoms with Crippen molar-refractivity contribution in [1.82, 2.24) is 0 Å². The van der Waals surface area contributed by atoms with Gasteiger partial charge in [-0.2, -0.15) is 20.5 Å². The van der Waals surface area contributed by atoms with Crippen LogP contribution in [0.3, 0.4) is 0 Å². The lowest BCUT2D eigenvalue weighted by Crippen LogP contribution is -2.31. The van der Waals surface area contributed by atoms with Crippen LogP contribution in [0.15, 0.2) is 105 Å². The topological polar surface area (TPSA) is 160 Å². The van der Waals surface area contributed by atoms with Crippen molar-refractivity contribution in [1.29, 1.82) is 0 Å². The van der Waals surface area contributed by atoms with Crippen LogP contribution >= 0.6 is 23.2 Å². The van der Waals surface area contributed by atoms with Crippen LogP contribution in [0.5, 0.6) is 11.5 Å². The molecule has 0 heterocycles. The summed E-state index contributed by atoms with van der Waals surface area (Å²) in [6.45, 7) is 7.24. The first-order chi connectivity index (χ1) is 24.0. The number of hydrogen-bond acceptors (Lipinski definition) is 10. The Morgan fingerprint density at radius 3 is 1.26 bits per heavy atom. The van der Waals surface area contributed by atoms with Crippen LogP contribution in [-0.4, -0.2) is 48.7 Å². The van der Waals surface area contributed by atoms with Crippen LogP contribution in [0, 0.1) is 0 Å². The van der Waals surface area contributed by atoms with Gasteiger partial charge in [-0.05, 0) is 112 Å². The number of benzene rings is 4. The number of nitrogens with zero attached hydrogens (tertiary/aromatic N) is 4. The first-order valence-electron chi connectivity index (χ1n) is 15.5. The van der Waals surface area contributed by atoms with Gasteiger partial charge in [-0.1, -0.05) is 35.3 Å². The number of halogens is 2. The summed E-state index contributed by atoms with van der Waals surface area (Å²) in [5.74, 6) is -0.993. The third-order valence-electron chi connectivity index (χ3n) is 6.92. The van der Waals surface area contributed by atoms with Crippen molar-refractivity contribution in [2.24, 2.45) is 20.5 Å². The number of carbonyl (C=O) groups is 4. The molecule has 0 radical (unpaired) electrons. The lowest BCUT2D eigenvalue weighted by atomic mass is 10.0. The molecular weight excluding hydrogens is 683 g/mol. The van der Waals surface area contributed by atoms with Crippen LogP contribution in [0.4, 0.5) is 22.7 Å². The number of hydrogen-bond donors (Lipinski definition) is 2.